The number of nitro groups is 1. The van der Waals surface area contributed by atoms with Crippen LogP contribution in [-0.2, 0) is 51.5 Å². The molecule has 1 aliphatic carbocycles. The lowest BCUT2D eigenvalue weighted by molar-refractivity contribution is -0.385. The molecule has 5 rings (SSSR count). The van der Waals surface area contributed by atoms with E-state index in [2.05, 4.69) is 119 Å². The van der Waals surface area contributed by atoms with Crippen LogP contribution in [0.3, 0.4) is 0 Å². The van der Waals surface area contributed by atoms with Crippen molar-refractivity contribution in [2.45, 2.75) is 151 Å². The van der Waals surface area contributed by atoms with Crippen LogP contribution in [0.15, 0.2) is 48.5 Å². The van der Waals surface area contributed by atoms with Gasteiger partial charge in [-0.25, -0.2) is 4.79 Å². The Morgan fingerprint density at radius 1 is 0.500 bits per heavy atom. The van der Waals surface area contributed by atoms with E-state index in [1.807, 2.05) is 0 Å². The molecule has 9 nitrogen and oxygen atoms in total. The summed E-state index contributed by atoms with van der Waals surface area (Å²) < 4.78 is 32.2. The summed E-state index contributed by atoms with van der Waals surface area (Å²) in [5.74, 6) is 2.27. The highest BCUT2D eigenvalue weighted by Crippen LogP contribution is 2.44. The van der Waals surface area contributed by atoms with E-state index in [0.29, 0.717) is 49.5 Å². The molecule has 0 radical (unpaired) electrons. The van der Waals surface area contributed by atoms with Crippen LogP contribution in [0.5, 0.6) is 23.0 Å². The summed E-state index contributed by atoms with van der Waals surface area (Å²) in [6, 6.07) is 16.7. The zero-order valence-corrected chi connectivity index (χ0v) is 39.8. The van der Waals surface area contributed by atoms with Gasteiger partial charge in [-0.2, -0.15) is 0 Å². The summed E-state index contributed by atoms with van der Waals surface area (Å²) in [4.78, 5) is 25.4. The third kappa shape index (κ3) is 11.7. The average molecular weight is 850 g/mol. The molecule has 9 heteroatoms. The van der Waals surface area contributed by atoms with Gasteiger partial charge in [-0.1, -0.05) is 119 Å². The van der Waals surface area contributed by atoms with Gasteiger partial charge in [0.15, 0.2) is 6.61 Å². The number of nitro benzene ring substituents is 1. The number of carbonyl (C=O) groups is 1. The molecule has 0 unspecified atom stereocenters. The van der Waals surface area contributed by atoms with Gasteiger partial charge in [-0.3, -0.25) is 10.1 Å². The molecule has 0 N–H and O–H groups in total. The summed E-state index contributed by atoms with van der Waals surface area (Å²) in [6.07, 6.45) is 4.01. The number of nitrogens with zero attached hydrogens (tertiary/aromatic N) is 1. The molecule has 0 saturated carbocycles. The Kier molecular flexibility index (Phi) is 15.5. The number of non-ortho nitro benzene ring substituents is 1. The molecule has 0 heterocycles. The molecule has 1 aliphatic rings. The minimum Gasteiger partial charge on any atom is -0.493 e. The smallest absolute Gasteiger partial charge is 0.344 e. The number of benzene rings is 4. The van der Waals surface area contributed by atoms with Crippen LogP contribution in [0.1, 0.15) is 170 Å². The molecule has 8 bridgehead atoms. The predicted molar refractivity (Wildman–Crippen MR) is 249 cm³/mol. The van der Waals surface area contributed by atoms with E-state index in [1.54, 1.807) is 19.1 Å². The van der Waals surface area contributed by atoms with Crippen LogP contribution in [0.25, 0.3) is 0 Å². The van der Waals surface area contributed by atoms with Crippen molar-refractivity contribution in [3.8, 4) is 23.0 Å². The minimum absolute atomic E-state index is 0.0616. The highest BCUT2D eigenvalue weighted by atomic mass is 16.6. The summed E-state index contributed by atoms with van der Waals surface area (Å²) in [6.45, 7) is 29.4. The first-order valence-corrected chi connectivity index (χ1v) is 22.6. The van der Waals surface area contributed by atoms with Gasteiger partial charge in [-0.05, 0) is 92.5 Å². The predicted octanol–water partition coefficient (Wildman–Crippen LogP) is 12.5. The van der Waals surface area contributed by atoms with Gasteiger partial charge >= 0.3 is 5.97 Å². The molecule has 4 aromatic rings. The second-order valence-electron chi connectivity index (χ2n) is 19.8. The Balaban J connectivity index is 2.00. The maximum Gasteiger partial charge on any atom is 0.344 e. The van der Waals surface area contributed by atoms with Crippen LogP contribution >= 0.6 is 0 Å². The van der Waals surface area contributed by atoms with Crippen molar-refractivity contribution in [3.63, 3.8) is 0 Å². The number of hydrogen-bond donors (Lipinski definition) is 0. The third-order valence-corrected chi connectivity index (χ3v) is 11.3. The van der Waals surface area contributed by atoms with Crippen molar-refractivity contribution >= 4 is 11.7 Å². The van der Waals surface area contributed by atoms with Gasteiger partial charge in [-0.15, -0.1) is 0 Å². The Labute approximate surface area is 371 Å². The standard InChI is InChI=1S/C53H71NO8/c1-14-18-59-47-34-21-36-27-43(52(8,9)10)29-38(48(36)60-19-15-2)23-40-31-45(54(56)57)32-41(50(40)62-33-46(55)58-17-4)24-39-30-44(53(11,12)13)28-37(49(39)61-20-16-3)22-35(47)26-42(25-34)51(5,6)7/h25-32H,14-24,33H2,1-13H3. The van der Waals surface area contributed by atoms with Gasteiger partial charge in [0.2, 0.25) is 0 Å². The van der Waals surface area contributed by atoms with Gasteiger partial charge in [0, 0.05) is 48.9 Å². The summed E-state index contributed by atoms with van der Waals surface area (Å²) >= 11 is 0. The maximum atomic E-state index is 12.9. The molecular formula is C53H71NO8. The SMILES string of the molecule is CCCOc1c2cc(C(C)(C)C)cc1Cc1cc(C(C)(C)C)cc(c1OCCC)Cc1cc([N+](=O)[O-])cc(c1OCC(=O)OCC)Cc1cc(C(C)(C)C)cc(c1OCCC)C2. The van der Waals surface area contributed by atoms with Crippen molar-refractivity contribution in [1.82, 2.24) is 0 Å². The Hall–Kier alpha value is -5.05. The van der Waals surface area contributed by atoms with Gasteiger partial charge in [0.1, 0.15) is 23.0 Å². The number of carbonyl (C=O) groups excluding carboxylic acids is 1. The second kappa shape index (κ2) is 20.0. The van der Waals surface area contributed by atoms with Gasteiger partial charge in [0.25, 0.3) is 5.69 Å². The van der Waals surface area contributed by atoms with E-state index < -0.39 is 5.97 Å². The molecule has 0 amide bonds. The Morgan fingerprint density at radius 3 is 1.02 bits per heavy atom. The van der Waals surface area contributed by atoms with Crippen molar-refractivity contribution in [3.05, 3.63) is 120 Å². The van der Waals surface area contributed by atoms with Crippen molar-refractivity contribution < 1.29 is 33.4 Å². The second-order valence-corrected chi connectivity index (χ2v) is 19.8. The van der Waals surface area contributed by atoms with E-state index in [1.165, 1.54) is 5.56 Å². The third-order valence-electron chi connectivity index (χ3n) is 11.3. The van der Waals surface area contributed by atoms with Crippen LogP contribution in [0.4, 0.5) is 5.69 Å². The summed E-state index contributed by atoms with van der Waals surface area (Å²) in [7, 11) is 0. The van der Waals surface area contributed by atoms with Gasteiger partial charge in [0.05, 0.1) is 31.4 Å². The lowest BCUT2D eigenvalue weighted by Crippen LogP contribution is -2.18. The monoisotopic (exact) mass is 850 g/mol. The fourth-order valence-electron chi connectivity index (χ4n) is 7.96. The molecule has 0 aliphatic heterocycles. The molecular weight excluding hydrogens is 779 g/mol. The largest absolute Gasteiger partial charge is 0.493 e. The van der Waals surface area contributed by atoms with Crippen LogP contribution < -0.4 is 18.9 Å². The molecule has 0 atom stereocenters. The topological polar surface area (TPSA) is 106 Å². The molecule has 0 saturated heterocycles. The number of rotatable bonds is 14. The number of ether oxygens (including phenoxy) is 5. The first kappa shape index (κ1) is 48.0. The average Bonchev–Trinajstić information content (AvgIpc) is 3.17. The van der Waals surface area contributed by atoms with E-state index in [0.717, 1.165) is 81.0 Å². The highest BCUT2D eigenvalue weighted by Gasteiger charge is 2.29. The number of esters is 1. The molecule has 0 fully saturated rings. The van der Waals surface area contributed by atoms with Gasteiger partial charge < -0.3 is 23.7 Å². The Morgan fingerprint density at radius 2 is 0.774 bits per heavy atom. The molecule has 0 aromatic heterocycles. The summed E-state index contributed by atoms with van der Waals surface area (Å²) in [5.41, 5.74) is 9.81. The fourth-order valence-corrected chi connectivity index (χ4v) is 7.96. The number of hydrogen-bond acceptors (Lipinski definition) is 8. The first-order valence-electron chi connectivity index (χ1n) is 22.6. The molecule has 336 valence electrons. The van der Waals surface area contributed by atoms with Crippen LogP contribution in [0.2, 0.25) is 0 Å². The zero-order chi connectivity index (χ0) is 45.6. The molecule has 0 spiro atoms. The minimum atomic E-state index is -0.519. The van der Waals surface area contributed by atoms with E-state index in [-0.39, 0.29) is 52.9 Å². The van der Waals surface area contributed by atoms with Crippen molar-refractivity contribution in [2.24, 2.45) is 0 Å². The zero-order valence-electron chi connectivity index (χ0n) is 39.8. The Bertz CT molecular complexity index is 2110. The van der Waals surface area contributed by atoms with Crippen molar-refractivity contribution in [1.29, 1.82) is 0 Å². The lowest BCUT2D eigenvalue weighted by atomic mass is 9.80. The van der Waals surface area contributed by atoms with Crippen LogP contribution in [-0.4, -0.2) is 43.9 Å². The summed E-state index contributed by atoms with van der Waals surface area (Å²) in [5, 5.41) is 12.8. The normalized spacial score (nSPS) is 13.0. The van der Waals surface area contributed by atoms with E-state index in [4.69, 9.17) is 23.7 Å². The van der Waals surface area contributed by atoms with E-state index >= 15 is 0 Å². The molecule has 4 aromatic carbocycles. The lowest BCUT2D eigenvalue weighted by Gasteiger charge is -2.28. The highest BCUT2D eigenvalue weighted by molar-refractivity contribution is 5.71. The fraction of sp³-hybridized carbons (Fsp3) is 0.528. The first-order chi connectivity index (χ1) is 29.2. The molecule has 62 heavy (non-hydrogen) atoms. The van der Waals surface area contributed by atoms with Crippen LogP contribution in [0, 0.1) is 10.1 Å². The maximum absolute atomic E-state index is 12.9. The van der Waals surface area contributed by atoms with Crippen molar-refractivity contribution in [2.75, 3.05) is 33.0 Å². The van der Waals surface area contributed by atoms with E-state index in [9.17, 15) is 14.9 Å². The quantitative estimate of drug-likeness (QED) is 0.0618. The number of fused-ring (bicyclic) bond motifs is 8.